The Morgan fingerprint density at radius 3 is 1.81 bits per heavy atom. The molecule has 0 spiro atoms. The van der Waals surface area contributed by atoms with Crippen LogP contribution in [0.1, 0.15) is 34.1 Å². The van der Waals surface area contributed by atoms with Gasteiger partial charge >= 0.3 is 0 Å². The van der Waals surface area contributed by atoms with Crippen LogP contribution in [0.2, 0.25) is 19.6 Å². The Labute approximate surface area is 101 Å². The third-order valence-corrected chi connectivity index (χ3v) is 4.48. The van der Waals surface area contributed by atoms with Crippen molar-refractivity contribution >= 4 is 8.07 Å². The van der Waals surface area contributed by atoms with Gasteiger partial charge < -0.3 is 9.47 Å². The van der Waals surface area contributed by atoms with Gasteiger partial charge in [-0.2, -0.15) is 0 Å². The molecule has 16 heavy (non-hydrogen) atoms. The zero-order valence-electron chi connectivity index (χ0n) is 11.8. The van der Waals surface area contributed by atoms with Crippen molar-refractivity contribution in [2.75, 3.05) is 0 Å². The fraction of sp³-hybridized carbons (Fsp3) is 0.846. The van der Waals surface area contributed by atoms with Crippen LogP contribution in [-0.2, 0) is 9.47 Å². The van der Waals surface area contributed by atoms with E-state index in [-0.39, 0.29) is 17.5 Å². The van der Waals surface area contributed by atoms with Crippen LogP contribution < -0.4 is 0 Å². The minimum Gasteiger partial charge on any atom is -0.343 e. The van der Waals surface area contributed by atoms with Crippen molar-refractivity contribution in [1.29, 1.82) is 0 Å². The molecule has 3 heteroatoms. The van der Waals surface area contributed by atoms with Crippen molar-refractivity contribution in [3.63, 3.8) is 0 Å². The Kier molecular flexibility index (Phi) is 3.73. The zero-order chi connectivity index (χ0) is 12.6. The number of hydrogen-bond acceptors (Lipinski definition) is 2. The van der Waals surface area contributed by atoms with E-state index in [1.165, 1.54) is 0 Å². The van der Waals surface area contributed by atoms with E-state index in [1.54, 1.807) is 0 Å². The molecule has 0 bridgehead atoms. The van der Waals surface area contributed by atoms with Crippen molar-refractivity contribution in [3.8, 4) is 0 Å². The average molecular weight is 242 g/mol. The largest absolute Gasteiger partial charge is 0.343 e. The Hall–Kier alpha value is -0.123. The number of hydrogen-bond donors (Lipinski definition) is 0. The van der Waals surface area contributed by atoms with E-state index in [9.17, 15) is 0 Å². The van der Waals surface area contributed by atoms with Crippen molar-refractivity contribution in [1.82, 2.24) is 0 Å². The third kappa shape index (κ3) is 3.44. The summed E-state index contributed by atoms with van der Waals surface area (Å²) in [6, 6.07) is 0. The standard InChI is InChI=1S/C13H26O2Si/c1-12(2)13(3,4)15-11(14-12)9-8-10-16(5,6)7/h8,10-11H,9H2,1-7H3/b10-8+. The van der Waals surface area contributed by atoms with Gasteiger partial charge in [0.15, 0.2) is 6.29 Å². The van der Waals surface area contributed by atoms with Crippen molar-refractivity contribution in [2.24, 2.45) is 0 Å². The fourth-order valence-corrected chi connectivity index (χ4v) is 2.44. The van der Waals surface area contributed by atoms with Gasteiger partial charge in [-0.1, -0.05) is 31.4 Å². The van der Waals surface area contributed by atoms with E-state index in [0.29, 0.717) is 0 Å². The zero-order valence-corrected chi connectivity index (χ0v) is 12.8. The van der Waals surface area contributed by atoms with Crippen LogP contribution in [0.3, 0.4) is 0 Å². The molecule has 1 aliphatic rings. The van der Waals surface area contributed by atoms with Gasteiger partial charge in [-0.3, -0.25) is 0 Å². The van der Waals surface area contributed by atoms with E-state index in [0.717, 1.165) is 6.42 Å². The second kappa shape index (κ2) is 4.28. The first-order chi connectivity index (χ1) is 7.04. The second-order valence-electron chi connectivity index (χ2n) is 6.69. The third-order valence-electron chi connectivity index (χ3n) is 3.25. The summed E-state index contributed by atoms with van der Waals surface area (Å²) in [4.78, 5) is 0. The molecule has 0 aliphatic carbocycles. The van der Waals surface area contributed by atoms with Gasteiger partial charge in [0.05, 0.1) is 19.3 Å². The summed E-state index contributed by atoms with van der Waals surface area (Å²) in [5, 5.41) is 0. The molecule has 1 fully saturated rings. The van der Waals surface area contributed by atoms with Gasteiger partial charge in [-0.25, -0.2) is 0 Å². The van der Waals surface area contributed by atoms with Crippen LogP contribution in [0.5, 0.6) is 0 Å². The maximum atomic E-state index is 5.92. The molecule has 0 aromatic rings. The second-order valence-corrected chi connectivity index (χ2v) is 11.8. The number of rotatable bonds is 3. The van der Waals surface area contributed by atoms with Gasteiger partial charge in [-0.15, -0.1) is 0 Å². The van der Waals surface area contributed by atoms with E-state index in [1.807, 2.05) is 0 Å². The maximum absolute atomic E-state index is 5.92. The minimum absolute atomic E-state index is 0.0856. The van der Waals surface area contributed by atoms with Crippen molar-refractivity contribution in [2.45, 2.75) is 71.2 Å². The van der Waals surface area contributed by atoms with Crippen molar-refractivity contribution in [3.05, 3.63) is 11.8 Å². The molecule has 1 aliphatic heterocycles. The number of ether oxygens (including phenoxy) is 2. The Morgan fingerprint density at radius 2 is 1.44 bits per heavy atom. The molecule has 0 saturated carbocycles. The predicted octanol–water partition coefficient (Wildman–Crippen LogP) is 3.74. The summed E-state index contributed by atoms with van der Waals surface area (Å²) in [5.41, 5.74) is 1.94. The molecule has 0 unspecified atom stereocenters. The Balaban J connectivity index is 2.52. The van der Waals surface area contributed by atoms with Crippen molar-refractivity contribution < 1.29 is 9.47 Å². The molecule has 0 amide bonds. The van der Waals surface area contributed by atoms with Gasteiger partial charge in [0.1, 0.15) is 0 Å². The van der Waals surface area contributed by atoms with Gasteiger partial charge in [0.25, 0.3) is 0 Å². The highest BCUT2D eigenvalue weighted by molar-refractivity contribution is 6.80. The highest BCUT2D eigenvalue weighted by Gasteiger charge is 2.48. The molecule has 2 nitrogen and oxygen atoms in total. The lowest BCUT2D eigenvalue weighted by Gasteiger charge is -2.30. The molecule has 0 radical (unpaired) electrons. The first-order valence-corrected chi connectivity index (χ1v) is 9.65. The lowest BCUT2D eigenvalue weighted by atomic mass is 9.90. The quantitative estimate of drug-likeness (QED) is 0.702. The van der Waals surface area contributed by atoms with Crippen LogP contribution >= 0.6 is 0 Å². The van der Waals surface area contributed by atoms with E-state index in [2.05, 4.69) is 59.1 Å². The summed E-state index contributed by atoms with van der Waals surface area (Å²) in [5.74, 6) is 0. The summed E-state index contributed by atoms with van der Waals surface area (Å²) >= 11 is 0. The molecule has 94 valence electrons. The molecular weight excluding hydrogens is 216 g/mol. The molecule has 1 rings (SSSR count). The molecule has 0 aromatic carbocycles. The minimum atomic E-state index is -1.09. The SMILES string of the molecule is CC1(C)OC(C/C=C/[Si](C)(C)C)OC1(C)C. The topological polar surface area (TPSA) is 18.5 Å². The smallest absolute Gasteiger partial charge is 0.162 e. The lowest BCUT2D eigenvalue weighted by molar-refractivity contribution is -0.0828. The van der Waals surface area contributed by atoms with Gasteiger partial charge in [-0.05, 0) is 27.7 Å². The summed E-state index contributed by atoms with van der Waals surface area (Å²) in [6.45, 7) is 15.4. The normalized spacial score (nSPS) is 25.4. The highest BCUT2D eigenvalue weighted by Crippen LogP contribution is 2.39. The summed E-state index contributed by atoms with van der Waals surface area (Å²) < 4.78 is 11.8. The van der Waals surface area contributed by atoms with Gasteiger partial charge in [0.2, 0.25) is 0 Å². The molecule has 1 heterocycles. The van der Waals surface area contributed by atoms with Crippen LogP contribution in [0.15, 0.2) is 11.8 Å². The van der Waals surface area contributed by atoms with Gasteiger partial charge in [0, 0.05) is 6.42 Å². The maximum Gasteiger partial charge on any atom is 0.162 e. The molecule has 1 saturated heterocycles. The Morgan fingerprint density at radius 1 is 1.00 bits per heavy atom. The first-order valence-electron chi connectivity index (χ1n) is 6.07. The van der Waals surface area contributed by atoms with E-state index >= 15 is 0 Å². The summed E-state index contributed by atoms with van der Waals surface area (Å²) in [6.07, 6.45) is 2.99. The molecule has 0 aromatic heterocycles. The monoisotopic (exact) mass is 242 g/mol. The highest BCUT2D eigenvalue weighted by atomic mass is 28.3. The van der Waals surface area contributed by atoms with Crippen LogP contribution in [-0.4, -0.2) is 25.6 Å². The van der Waals surface area contributed by atoms with Crippen LogP contribution in [0.4, 0.5) is 0 Å². The first kappa shape index (κ1) is 13.9. The molecular formula is C13H26O2Si. The fourth-order valence-electron chi connectivity index (χ4n) is 1.59. The van der Waals surface area contributed by atoms with Crippen LogP contribution in [0.25, 0.3) is 0 Å². The average Bonchev–Trinajstić information content (AvgIpc) is 2.17. The van der Waals surface area contributed by atoms with E-state index in [4.69, 9.17) is 9.47 Å². The van der Waals surface area contributed by atoms with Crippen LogP contribution in [0, 0.1) is 0 Å². The Bertz CT molecular complexity index is 258. The molecule has 0 atom stereocenters. The summed E-state index contributed by atoms with van der Waals surface area (Å²) in [7, 11) is -1.09. The lowest BCUT2D eigenvalue weighted by Crippen LogP contribution is -2.41. The van der Waals surface area contributed by atoms with E-state index < -0.39 is 8.07 Å². The molecule has 0 N–H and O–H groups in total. The predicted molar refractivity (Wildman–Crippen MR) is 71.2 cm³/mol.